The van der Waals surface area contributed by atoms with Crippen LogP contribution < -0.4 is 0 Å². The Kier molecular flexibility index (Phi) is 10.6. The first-order valence-electron chi connectivity index (χ1n) is 18.0. The Labute approximate surface area is 288 Å². The van der Waals surface area contributed by atoms with Crippen molar-refractivity contribution in [1.29, 1.82) is 0 Å². The van der Waals surface area contributed by atoms with E-state index in [0.29, 0.717) is 38.5 Å². The third-order valence-corrected chi connectivity index (χ3v) is 12.0. The highest BCUT2D eigenvalue weighted by Crippen LogP contribution is 2.43. The second kappa shape index (κ2) is 13.1. The van der Waals surface area contributed by atoms with Gasteiger partial charge in [0.1, 0.15) is 18.3 Å². The number of nitrogens with zero attached hydrogens (tertiary/aromatic N) is 3. The van der Waals surface area contributed by atoms with Crippen LogP contribution in [0, 0.1) is 17.8 Å². The lowest BCUT2D eigenvalue weighted by Crippen LogP contribution is -2.61. The van der Waals surface area contributed by atoms with Crippen molar-refractivity contribution in [2.45, 2.75) is 192 Å². The lowest BCUT2D eigenvalue weighted by atomic mass is 9.74. The van der Waals surface area contributed by atoms with Crippen LogP contribution in [0.1, 0.15) is 141 Å². The fourth-order valence-electron chi connectivity index (χ4n) is 9.57. The quantitative estimate of drug-likeness (QED) is 0.249. The fourth-order valence-corrected chi connectivity index (χ4v) is 9.57. The van der Waals surface area contributed by atoms with E-state index in [4.69, 9.17) is 14.2 Å². The zero-order valence-electron chi connectivity index (χ0n) is 32.0. The van der Waals surface area contributed by atoms with Crippen LogP contribution in [0.5, 0.6) is 0 Å². The highest BCUT2D eigenvalue weighted by molar-refractivity contribution is 5.80. The Morgan fingerprint density at radius 3 is 0.896 bits per heavy atom. The Morgan fingerprint density at radius 2 is 0.667 bits per heavy atom. The van der Waals surface area contributed by atoms with Gasteiger partial charge < -0.3 is 24.6 Å². The van der Waals surface area contributed by atoms with E-state index < -0.39 is 64.1 Å². The van der Waals surface area contributed by atoms with Crippen molar-refractivity contribution in [2.24, 2.45) is 17.8 Å². The molecule has 0 spiro atoms. The highest BCUT2D eigenvalue weighted by atomic mass is 16.6. The lowest BCUT2D eigenvalue weighted by Gasteiger charge is -2.53. The first-order chi connectivity index (χ1) is 21.7. The van der Waals surface area contributed by atoms with Gasteiger partial charge in [-0.2, -0.15) is 10.1 Å². The van der Waals surface area contributed by atoms with Crippen LogP contribution in [0.3, 0.4) is 0 Å². The summed E-state index contributed by atoms with van der Waals surface area (Å²) in [5.41, 5.74) is -2.73. The summed E-state index contributed by atoms with van der Waals surface area (Å²) < 4.78 is 18.4. The van der Waals surface area contributed by atoms with Gasteiger partial charge >= 0.3 is 17.9 Å². The Balaban J connectivity index is 1.53. The number of hydroxylamine groups is 4. The number of ether oxygens (including phenoxy) is 3. The molecular formula is C37H65N3O8. The van der Waals surface area contributed by atoms with Crippen LogP contribution in [-0.4, -0.2) is 102 Å². The summed E-state index contributed by atoms with van der Waals surface area (Å²) in [5.74, 6) is -3.23. The number of piperidine rings is 3. The molecule has 0 aromatic rings. The molecule has 0 aromatic carbocycles. The van der Waals surface area contributed by atoms with Crippen LogP contribution in [0.2, 0.25) is 0 Å². The number of likely N-dealkylation sites (tertiary alicyclic amines) is 1. The van der Waals surface area contributed by atoms with E-state index in [9.17, 15) is 24.8 Å². The molecule has 11 nitrogen and oxygen atoms in total. The van der Waals surface area contributed by atoms with Crippen molar-refractivity contribution >= 4 is 17.9 Å². The molecule has 4 aliphatic rings. The van der Waals surface area contributed by atoms with E-state index in [2.05, 4.69) is 39.6 Å². The molecule has 0 aromatic heterocycles. The summed E-state index contributed by atoms with van der Waals surface area (Å²) in [7, 11) is 2.10. The number of carbonyl (C=O) groups excluding carboxylic acids is 3. The largest absolute Gasteiger partial charge is 0.462 e. The maximum atomic E-state index is 13.9. The van der Waals surface area contributed by atoms with Gasteiger partial charge in [-0.25, -0.2) is 0 Å². The number of rotatable bonds is 6. The minimum Gasteiger partial charge on any atom is -0.462 e. The minimum absolute atomic E-state index is 0.171. The molecule has 2 atom stereocenters. The van der Waals surface area contributed by atoms with E-state index in [0.717, 1.165) is 0 Å². The van der Waals surface area contributed by atoms with Crippen molar-refractivity contribution in [3.8, 4) is 0 Å². The Hall–Kier alpha value is -1.79. The summed E-state index contributed by atoms with van der Waals surface area (Å²) in [4.78, 5) is 43.9. The smallest absolute Gasteiger partial charge is 0.309 e. The predicted molar refractivity (Wildman–Crippen MR) is 181 cm³/mol. The van der Waals surface area contributed by atoms with Gasteiger partial charge in [0, 0.05) is 71.8 Å². The van der Waals surface area contributed by atoms with Crippen molar-refractivity contribution in [2.75, 3.05) is 7.05 Å². The van der Waals surface area contributed by atoms with E-state index in [-0.39, 0.29) is 42.4 Å². The molecule has 1 saturated carbocycles. The van der Waals surface area contributed by atoms with Crippen molar-refractivity contribution in [3.63, 3.8) is 0 Å². The summed E-state index contributed by atoms with van der Waals surface area (Å²) in [6.07, 6.45) is 2.81. The van der Waals surface area contributed by atoms with Gasteiger partial charge in [0.2, 0.25) is 0 Å². The average Bonchev–Trinajstić information content (AvgIpc) is 2.92. The summed E-state index contributed by atoms with van der Waals surface area (Å²) in [6.45, 7) is 24.0. The van der Waals surface area contributed by atoms with Crippen LogP contribution in [0.25, 0.3) is 0 Å². The monoisotopic (exact) mass is 679 g/mol. The molecule has 4 fully saturated rings. The second-order valence-electron chi connectivity index (χ2n) is 19.3. The zero-order valence-corrected chi connectivity index (χ0v) is 32.0. The van der Waals surface area contributed by atoms with Gasteiger partial charge in [0.05, 0.1) is 17.8 Å². The zero-order chi connectivity index (χ0) is 36.4. The fraction of sp³-hybridized carbons (Fsp3) is 0.919. The molecule has 48 heavy (non-hydrogen) atoms. The maximum Gasteiger partial charge on any atom is 0.309 e. The van der Waals surface area contributed by atoms with Crippen molar-refractivity contribution < 1.29 is 39.0 Å². The topological polar surface area (TPSA) is 129 Å². The van der Waals surface area contributed by atoms with Gasteiger partial charge in [0.25, 0.3) is 0 Å². The number of carbonyl (C=O) groups is 3. The number of hydrogen-bond acceptors (Lipinski definition) is 11. The standard InChI is InChI=1S/C37H65N3O8/c1-32(2)17-26(18-33(3,4)38(32)13)46-29(41)23-14-24(30(42)47-27-19-34(5,6)39(44)35(7,8)20-27)16-25(15-23)31(43)48-28-21-36(9,10)40(45)37(11,12)22-28/h23-28,44-45H,14-22H2,1-13H3. The Bertz CT molecular complexity index is 1020. The molecule has 2 N–H and O–H groups in total. The summed E-state index contributed by atoms with van der Waals surface area (Å²) >= 11 is 0. The van der Waals surface area contributed by atoms with Crippen LogP contribution in [0.4, 0.5) is 0 Å². The van der Waals surface area contributed by atoms with Crippen molar-refractivity contribution in [1.82, 2.24) is 15.0 Å². The van der Waals surface area contributed by atoms with Gasteiger partial charge in [-0.15, -0.1) is 0 Å². The molecule has 2 unspecified atom stereocenters. The molecule has 3 saturated heterocycles. The predicted octanol–water partition coefficient (Wildman–Crippen LogP) is 6.12. The third-order valence-electron chi connectivity index (χ3n) is 12.0. The first kappa shape index (κ1) is 39.0. The van der Waals surface area contributed by atoms with Crippen LogP contribution >= 0.6 is 0 Å². The third kappa shape index (κ3) is 8.22. The van der Waals surface area contributed by atoms with Gasteiger partial charge in [0.15, 0.2) is 0 Å². The van der Waals surface area contributed by atoms with Gasteiger partial charge in [-0.1, -0.05) is 0 Å². The normalized spacial score (nSPS) is 32.7. The van der Waals surface area contributed by atoms with Crippen molar-refractivity contribution in [3.05, 3.63) is 0 Å². The molecule has 0 radical (unpaired) electrons. The molecule has 3 heterocycles. The SMILES string of the molecule is CN1C(C)(C)CC(OC(=O)C2CC(C(=O)OC3CC(C)(C)N(O)C(C)(C)C3)CC(C(=O)OC3CC(C)(C)N(O)C(C)(C)C3)C2)CC1(C)C. The second-order valence-corrected chi connectivity index (χ2v) is 19.3. The Morgan fingerprint density at radius 1 is 0.458 bits per heavy atom. The molecule has 4 rings (SSSR count). The molecular weight excluding hydrogens is 614 g/mol. The van der Waals surface area contributed by atoms with Crippen LogP contribution in [0.15, 0.2) is 0 Å². The maximum absolute atomic E-state index is 13.9. The molecule has 11 heteroatoms. The average molecular weight is 680 g/mol. The van der Waals surface area contributed by atoms with Gasteiger partial charge in [-0.3, -0.25) is 19.3 Å². The van der Waals surface area contributed by atoms with E-state index in [1.807, 2.05) is 55.4 Å². The van der Waals surface area contributed by atoms with E-state index in [1.165, 1.54) is 10.1 Å². The molecule has 1 aliphatic carbocycles. The number of esters is 3. The molecule has 0 bridgehead atoms. The van der Waals surface area contributed by atoms with Crippen LogP contribution in [-0.2, 0) is 28.6 Å². The molecule has 0 amide bonds. The van der Waals surface area contributed by atoms with E-state index in [1.54, 1.807) is 0 Å². The highest BCUT2D eigenvalue weighted by Gasteiger charge is 2.51. The van der Waals surface area contributed by atoms with E-state index >= 15 is 0 Å². The molecule has 276 valence electrons. The minimum atomic E-state index is -0.676. The lowest BCUT2D eigenvalue weighted by molar-refractivity contribution is -0.260. The summed E-state index contributed by atoms with van der Waals surface area (Å²) in [6, 6.07) is 0. The summed E-state index contributed by atoms with van der Waals surface area (Å²) in [5, 5.41) is 24.2. The first-order valence-corrected chi connectivity index (χ1v) is 18.0. The number of hydrogen-bond donors (Lipinski definition) is 2. The molecule has 3 aliphatic heterocycles. The van der Waals surface area contributed by atoms with Gasteiger partial charge in [-0.05, 0) is 109 Å².